The van der Waals surface area contributed by atoms with Crippen LogP contribution >= 0.6 is 11.8 Å². The van der Waals surface area contributed by atoms with Crippen LogP contribution in [0.3, 0.4) is 0 Å². The Labute approximate surface area is 59.1 Å². The first-order chi connectivity index (χ1) is 4.43. The molecule has 0 aromatic carbocycles. The lowest BCUT2D eigenvalue weighted by atomic mass is 10.7. The molecule has 1 aromatic heterocycles. The van der Waals surface area contributed by atoms with Crippen molar-refractivity contribution < 1.29 is 0 Å². The number of hydrogen-bond donors (Lipinski definition) is 0. The third-order valence-electron chi connectivity index (χ3n) is 0.881. The van der Waals surface area contributed by atoms with Crippen molar-refractivity contribution in [2.45, 2.75) is 0 Å². The van der Waals surface area contributed by atoms with Gasteiger partial charge in [-0.3, -0.25) is 4.57 Å². The van der Waals surface area contributed by atoms with Crippen LogP contribution in [0.1, 0.15) is 0 Å². The van der Waals surface area contributed by atoms with Gasteiger partial charge in [0, 0.05) is 18.4 Å². The molecule has 1 heterocycles. The van der Waals surface area contributed by atoms with Crippen LogP contribution in [0.25, 0.3) is 0 Å². The number of nitrogens with zero attached hydrogens (tertiary/aromatic N) is 1. The van der Waals surface area contributed by atoms with Crippen molar-refractivity contribution in [3.63, 3.8) is 0 Å². The molecule has 9 heavy (non-hydrogen) atoms. The van der Waals surface area contributed by atoms with Crippen molar-refractivity contribution >= 4 is 11.8 Å². The third-order valence-corrected chi connectivity index (χ3v) is 1.18. The topological polar surface area (TPSA) is 4.93 Å². The molecule has 0 saturated heterocycles. The second kappa shape index (κ2) is 3.26. The van der Waals surface area contributed by atoms with E-state index in [1.54, 1.807) is 0 Å². The predicted molar refractivity (Wildman–Crippen MR) is 41.1 cm³/mol. The van der Waals surface area contributed by atoms with Crippen LogP contribution in [-0.4, -0.2) is 10.8 Å². The molecule has 0 amide bonds. The average Bonchev–Trinajstić information content (AvgIpc) is 2.34. The van der Waals surface area contributed by atoms with Crippen molar-refractivity contribution in [1.82, 2.24) is 4.57 Å². The number of aromatic nitrogens is 1. The smallest absolute Gasteiger partial charge is 0.0282 e. The molecule has 1 rings (SSSR count). The van der Waals surface area contributed by atoms with Gasteiger partial charge >= 0.3 is 0 Å². The van der Waals surface area contributed by atoms with Crippen molar-refractivity contribution in [2.24, 2.45) is 0 Å². The summed E-state index contributed by atoms with van der Waals surface area (Å²) in [5, 5.41) is 2.88. The Bertz CT molecular complexity index is 215. The van der Waals surface area contributed by atoms with E-state index in [0.717, 1.165) is 0 Å². The fourth-order valence-electron chi connectivity index (χ4n) is 0.507. The number of rotatable bonds is 0. The fourth-order valence-corrected chi connectivity index (χ4v) is 0.704. The zero-order chi connectivity index (χ0) is 6.53. The normalized spacial score (nSPS) is 8.11. The Morgan fingerprint density at radius 2 is 2.00 bits per heavy atom. The summed E-state index contributed by atoms with van der Waals surface area (Å²) in [5.74, 6) is 0. The van der Waals surface area contributed by atoms with Crippen molar-refractivity contribution in [1.29, 1.82) is 0 Å². The summed E-state index contributed by atoms with van der Waals surface area (Å²) in [7, 11) is 0. The van der Waals surface area contributed by atoms with Gasteiger partial charge in [-0.05, 0) is 23.6 Å². The minimum atomic E-state index is 1.52. The monoisotopic (exact) mass is 137 g/mol. The SMILES string of the molecule is CSC#Cn1cccc1. The van der Waals surface area contributed by atoms with E-state index in [9.17, 15) is 0 Å². The molecule has 0 N–H and O–H groups in total. The quantitative estimate of drug-likeness (QED) is 0.492. The molecular formula is C7H7NS. The van der Waals surface area contributed by atoms with Crippen LogP contribution in [-0.2, 0) is 0 Å². The first-order valence-electron chi connectivity index (χ1n) is 2.60. The van der Waals surface area contributed by atoms with E-state index in [-0.39, 0.29) is 0 Å². The highest BCUT2D eigenvalue weighted by Gasteiger charge is 1.75. The first kappa shape index (κ1) is 6.31. The van der Waals surface area contributed by atoms with Crippen molar-refractivity contribution in [3.05, 3.63) is 24.5 Å². The minimum Gasteiger partial charge on any atom is -0.284 e. The lowest BCUT2D eigenvalue weighted by Gasteiger charge is -1.81. The Balaban J connectivity index is 2.67. The molecule has 0 spiro atoms. The van der Waals surface area contributed by atoms with Gasteiger partial charge in [-0.2, -0.15) is 0 Å². The van der Waals surface area contributed by atoms with E-state index in [4.69, 9.17) is 0 Å². The van der Waals surface area contributed by atoms with Crippen LogP contribution in [0.2, 0.25) is 0 Å². The standard InChI is InChI=1S/C7H7NS/c1-9-7-6-8-4-2-3-5-8/h2-5H,1H3. The molecular weight excluding hydrogens is 130 g/mol. The second-order valence-electron chi connectivity index (χ2n) is 1.51. The first-order valence-corrected chi connectivity index (χ1v) is 3.83. The van der Waals surface area contributed by atoms with Gasteiger partial charge < -0.3 is 0 Å². The van der Waals surface area contributed by atoms with E-state index in [2.05, 4.69) is 11.3 Å². The molecule has 0 aliphatic heterocycles. The average molecular weight is 137 g/mol. The van der Waals surface area contributed by atoms with Gasteiger partial charge in [0.1, 0.15) is 0 Å². The molecule has 0 aliphatic carbocycles. The van der Waals surface area contributed by atoms with Crippen LogP contribution in [0.15, 0.2) is 24.5 Å². The lowest BCUT2D eigenvalue weighted by Crippen LogP contribution is -1.78. The predicted octanol–water partition coefficient (Wildman–Crippen LogP) is 1.62. The van der Waals surface area contributed by atoms with Crippen LogP contribution in [0.5, 0.6) is 0 Å². The fraction of sp³-hybridized carbons (Fsp3) is 0.143. The molecule has 1 aromatic rings. The largest absolute Gasteiger partial charge is 0.284 e. The Kier molecular flexibility index (Phi) is 2.29. The maximum Gasteiger partial charge on any atom is 0.0282 e. The van der Waals surface area contributed by atoms with E-state index < -0.39 is 0 Å². The van der Waals surface area contributed by atoms with Gasteiger partial charge in [-0.15, -0.1) is 0 Å². The molecule has 0 radical (unpaired) electrons. The zero-order valence-corrected chi connectivity index (χ0v) is 5.98. The molecule has 46 valence electrons. The summed E-state index contributed by atoms with van der Waals surface area (Å²) in [6.45, 7) is 0. The Morgan fingerprint density at radius 3 is 2.56 bits per heavy atom. The Hall–Kier alpha value is -0.810. The zero-order valence-electron chi connectivity index (χ0n) is 5.16. The van der Waals surface area contributed by atoms with Crippen molar-refractivity contribution in [3.8, 4) is 11.3 Å². The second-order valence-corrected chi connectivity index (χ2v) is 2.12. The van der Waals surface area contributed by atoms with E-state index in [1.807, 2.05) is 35.3 Å². The highest BCUT2D eigenvalue weighted by molar-refractivity contribution is 8.03. The molecule has 0 atom stereocenters. The summed E-state index contributed by atoms with van der Waals surface area (Å²) in [6.07, 6.45) is 5.79. The molecule has 0 fully saturated rings. The van der Waals surface area contributed by atoms with Crippen LogP contribution < -0.4 is 0 Å². The third kappa shape index (κ3) is 1.87. The lowest BCUT2D eigenvalue weighted by molar-refractivity contribution is 1.15. The van der Waals surface area contributed by atoms with Crippen molar-refractivity contribution in [2.75, 3.05) is 6.26 Å². The summed E-state index contributed by atoms with van der Waals surface area (Å²) >= 11 is 1.52. The maximum atomic E-state index is 2.90. The molecule has 2 heteroatoms. The highest BCUT2D eigenvalue weighted by Crippen LogP contribution is 1.88. The van der Waals surface area contributed by atoms with Gasteiger partial charge in [0.25, 0.3) is 0 Å². The molecule has 0 aliphatic rings. The maximum absolute atomic E-state index is 2.90. The van der Waals surface area contributed by atoms with Gasteiger partial charge in [-0.1, -0.05) is 11.8 Å². The molecule has 0 bridgehead atoms. The minimum absolute atomic E-state index is 1.52. The van der Waals surface area contributed by atoms with Gasteiger partial charge in [-0.25, -0.2) is 0 Å². The molecule has 1 nitrogen and oxygen atoms in total. The summed E-state index contributed by atoms with van der Waals surface area (Å²) in [4.78, 5) is 0. The van der Waals surface area contributed by atoms with Gasteiger partial charge in [0.2, 0.25) is 0 Å². The molecule has 0 unspecified atom stereocenters. The van der Waals surface area contributed by atoms with E-state index in [1.165, 1.54) is 11.8 Å². The van der Waals surface area contributed by atoms with Gasteiger partial charge in [0.15, 0.2) is 0 Å². The summed E-state index contributed by atoms with van der Waals surface area (Å²) in [5.41, 5.74) is 0. The van der Waals surface area contributed by atoms with Crippen LogP contribution in [0, 0.1) is 11.3 Å². The highest BCUT2D eigenvalue weighted by atomic mass is 32.2. The van der Waals surface area contributed by atoms with Gasteiger partial charge in [0.05, 0.1) is 0 Å². The van der Waals surface area contributed by atoms with E-state index in [0.29, 0.717) is 0 Å². The number of hydrogen-bond acceptors (Lipinski definition) is 1. The molecule has 0 saturated carbocycles. The van der Waals surface area contributed by atoms with Crippen LogP contribution in [0.4, 0.5) is 0 Å². The van der Waals surface area contributed by atoms with E-state index >= 15 is 0 Å². The summed E-state index contributed by atoms with van der Waals surface area (Å²) in [6, 6.07) is 6.81. The summed E-state index contributed by atoms with van der Waals surface area (Å²) < 4.78 is 1.83. The number of thioether (sulfide) groups is 1. The Morgan fingerprint density at radius 1 is 1.33 bits per heavy atom.